The number of carbonyl (C=O) groups is 2. The van der Waals surface area contributed by atoms with Crippen LogP contribution in [-0.2, 0) is 4.79 Å². The van der Waals surface area contributed by atoms with Gasteiger partial charge in [0.1, 0.15) is 11.6 Å². The summed E-state index contributed by atoms with van der Waals surface area (Å²) < 4.78 is 5.47. The Balaban J connectivity index is 1.34. The molecular weight excluding hydrogens is 448 g/mol. The molecule has 35 heavy (non-hydrogen) atoms. The number of carbonyl (C=O) groups excluding carboxylic acids is 2. The number of rotatable bonds is 5. The van der Waals surface area contributed by atoms with Crippen molar-refractivity contribution in [1.29, 1.82) is 5.41 Å². The Bertz CT molecular complexity index is 1310. The normalized spacial score (nSPS) is 15.7. The van der Waals surface area contributed by atoms with Crippen LogP contribution >= 0.6 is 0 Å². The summed E-state index contributed by atoms with van der Waals surface area (Å²) >= 11 is 0. The van der Waals surface area contributed by atoms with Crippen molar-refractivity contribution in [3.05, 3.63) is 66.3 Å². The van der Waals surface area contributed by atoms with E-state index in [9.17, 15) is 9.59 Å². The second kappa shape index (κ2) is 9.11. The number of hydrogen-bond acceptors (Lipinski definition) is 8. The van der Waals surface area contributed by atoms with Gasteiger partial charge in [-0.1, -0.05) is 30.3 Å². The average molecular weight is 475 g/mol. The van der Waals surface area contributed by atoms with E-state index in [0.717, 1.165) is 5.56 Å². The smallest absolute Gasteiger partial charge is 0.295 e. The maximum absolute atomic E-state index is 13.3. The molecular formula is C24H26N8O3. The van der Waals surface area contributed by atoms with Gasteiger partial charge in [0.15, 0.2) is 5.82 Å². The van der Waals surface area contributed by atoms with Crippen molar-refractivity contribution < 1.29 is 14.3 Å². The number of H-pyrrole nitrogens is 1. The Hall–Kier alpha value is -4.38. The van der Waals surface area contributed by atoms with E-state index in [2.05, 4.69) is 15.5 Å². The van der Waals surface area contributed by atoms with Gasteiger partial charge < -0.3 is 19.5 Å². The molecule has 2 aromatic heterocycles. The van der Waals surface area contributed by atoms with E-state index in [1.54, 1.807) is 21.1 Å². The number of benzene rings is 1. The molecule has 0 spiro atoms. The highest BCUT2D eigenvalue weighted by Crippen LogP contribution is 2.34. The van der Waals surface area contributed by atoms with Gasteiger partial charge in [0.25, 0.3) is 11.7 Å². The molecule has 3 aromatic rings. The molecule has 0 radical (unpaired) electrons. The Morgan fingerprint density at radius 3 is 2.43 bits per heavy atom. The van der Waals surface area contributed by atoms with Crippen LogP contribution in [0.15, 0.2) is 55.1 Å². The lowest BCUT2D eigenvalue weighted by molar-refractivity contribution is -0.127. The molecule has 0 atom stereocenters. The Labute approximate surface area is 202 Å². The summed E-state index contributed by atoms with van der Waals surface area (Å²) in [5.41, 5.74) is 4.73. The number of fused-ring (bicyclic) bond motifs is 1. The number of ketones is 1. The molecule has 0 bridgehead atoms. The number of aromatic amines is 1. The van der Waals surface area contributed by atoms with Crippen LogP contribution in [0.25, 0.3) is 10.9 Å². The number of Topliss-reactive ketones (excluding diaryl/α,β-unsaturated/α-hetero) is 1. The Morgan fingerprint density at radius 1 is 1.06 bits per heavy atom. The van der Waals surface area contributed by atoms with Crippen LogP contribution in [0.4, 0.5) is 5.82 Å². The number of anilines is 1. The number of ether oxygens (including phenoxy) is 1. The standard InChI is InChI=1S/C24H26N8O3/c1-29-8-13-32(28-29)23-20-19(18(35-2)15-27-23)17(14-26-20)21(33)24(34)31-11-9-30(10-12-31)22(25)16-6-4-3-5-7-16/h3-8,13-15,25-26,28H,9-12H2,1-2H3. The van der Waals surface area contributed by atoms with Crippen molar-refractivity contribution in [3.63, 3.8) is 0 Å². The molecule has 0 saturated carbocycles. The molecule has 0 unspecified atom stereocenters. The lowest BCUT2D eigenvalue weighted by atomic mass is 10.1. The van der Waals surface area contributed by atoms with Gasteiger partial charge in [-0.3, -0.25) is 20.0 Å². The topological polar surface area (TPSA) is 121 Å². The zero-order valence-corrected chi connectivity index (χ0v) is 19.5. The SMILES string of the molecule is COc1cnc(N2C=CN(C)N2)c2[nH]cc(C(=O)C(=O)N3CCN(C(=N)c4ccccc4)CC3)c12. The maximum Gasteiger partial charge on any atom is 0.295 e. The van der Waals surface area contributed by atoms with Crippen molar-refractivity contribution in [2.75, 3.05) is 45.3 Å². The number of aromatic nitrogens is 2. The predicted molar refractivity (Wildman–Crippen MR) is 131 cm³/mol. The first-order valence-corrected chi connectivity index (χ1v) is 11.2. The molecule has 2 aliphatic heterocycles. The quantitative estimate of drug-likeness (QED) is 0.221. The molecule has 1 saturated heterocycles. The number of methoxy groups -OCH3 is 1. The fraction of sp³-hybridized carbons (Fsp3) is 0.250. The molecule has 1 amide bonds. The van der Waals surface area contributed by atoms with E-state index in [0.29, 0.717) is 54.5 Å². The lowest BCUT2D eigenvalue weighted by Gasteiger charge is -2.35. The number of piperazine rings is 1. The van der Waals surface area contributed by atoms with Crippen LogP contribution < -0.4 is 15.3 Å². The van der Waals surface area contributed by atoms with Gasteiger partial charge in [-0.05, 0) is 0 Å². The van der Waals surface area contributed by atoms with Crippen molar-refractivity contribution >= 4 is 34.2 Å². The van der Waals surface area contributed by atoms with E-state index in [-0.39, 0.29) is 5.56 Å². The third-order valence-corrected chi connectivity index (χ3v) is 6.18. The van der Waals surface area contributed by atoms with Gasteiger partial charge in [-0.15, -0.1) is 5.53 Å². The highest BCUT2D eigenvalue weighted by Gasteiger charge is 2.31. The van der Waals surface area contributed by atoms with Crippen LogP contribution in [0.5, 0.6) is 5.75 Å². The first-order valence-electron chi connectivity index (χ1n) is 11.2. The molecule has 4 heterocycles. The van der Waals surface area contributed by atoms with Gasteiger partial charge in [-0.25, -0.2) is 9.99 Å². The van der Waals surface area contributed by atoms with E-state index >= 15 is 0 Å². The molecule has 1 aromatic carbocycles. The van der Waals surface area contributed by atoms with Crippen LogP contribution in [-0.4, -0.2) is 82.6 Å². The van der Waals surface area contributed by atoms with E-state index in [4.69, 9.17) is 10.1 Å². The fourth-order valence-electron chi connectivity index (χ4n) is 4.31. The second-order valence-corrected chi connectivity index (χ2v) is 8.30. The lowest BCUT2D eigenvalue weighted by Crippen LogP contribution is -2.52. The summed E-state index contributed by atoms with van der Waals surface area (Å²) in [6.07, 6.45) is 6.69. The monoisotopic (exact) mass is 474 g/mol. The van der Waals surface area contributed by atoms with E-state index < -0.39 is 11.7 Å². The number of amides is 1. The summed E-state index contributed by atoms with van der Waals surface area (Å²) in [4.78, 5) is 37.5. The highest BCUT2D eigenvalue weighted by atomic mass is 16.5. The highest BCUT2D eigenvalue weighted by molar-refractivity contribution is 6.45. The van der Waals surface area contributed by atoms with Crippen LogP contribution in [0.3, 0.4) is 0 Å². The largest absolute Gasteiger partial charge is 0.494 e. The second-order valence-electron chi connectivity index (χ2n) is 8.30. The number of nitrogens with one attached hydrogen (secondary N) is 3. The van der Waals surface area contributed by atoms with Crippen LogP contribution in [0, 0.1) is 5.41 Å². The molecule has 2 aliphatic rings. The zero-order chi connectivity index (χ0) is 24.5. The summed E-state index contributed by atoms with van der Waals surface area (Å²) in [6.45, 7) is 1.69. The molecule has 1 fully saturated rings. The number of nitrogens with zero attached hydrogens (tertiary/aromatic N) is 5. The van der Waals surface area contributed by atoms with Crippen molar-refractivity contribution in [2.24, 2.45) is 0 Å². The van der Waals surface area contributed by atoms with Crippen molar-refractivity contribution in [1.82, 2.24) is 30.3 Å². The zero-order valence-electron chi connectivity index (χ0n) is 19.5. The first kappa shape index (κ1) is 22.4. The molecule has 180 valence electrons. The molecule has 11 nitrogen and oxygen atoms in total. The number of hydrogen-bond donors (Lipinski definition) is 3. The van der Waals surface area contributed by atoms with Gasteiger partial charge in [0.05, 0.1) is 29.8 Å². The van der Waals surface area contributed by atoms with E-state index in [1.807, 2.05) is 48.5 Å². The minimum atomic E-state index is -0.611. The number of pyridine rings is 1. The fourth-order valence-corrected chi connectivity index (χ4v) is 4.31. The average Bonchev–Trinajstić information content (AvgIpc) is 3.54. The minimum absolute atomic E-state index is 0.237. The predicted octanol–water partition coefficient (Wildman–Crippen LogP) is 1.57. The number of amidine groups is 1. The van der Waals surface area contributed by atoms with Crippen LogP contribution in [0.1, 0.15) is 15.9 Å². The van der Waals surface area contributed by atoms with Gasteiger partial charge in [0.2, 0.25) is 0 Å². The maximum atomic E-state index is 13.3. The third kappa shape index (κ3) is 4.06. The molecule has 11 heteroatoms. The van der Waals surface area contributed by atoms with Crippen LogP contribution in [0.2, 0.25) is 0 Å². The van der Waals surface area contributed by atoms with E-state index in [1.165, 1.54) is 19.5 Å². The third-order valence-electron chi connectivity index (χ3n) is 6.18. The summed E-state index contributed by atoms with van der Waals surface area (Å²) in [5.74, 6) is 0.178. The molecule has 5 rings (SSSR count). The summed E-state index contributed by atoms with van der Waals surface area (Å²) in [5, 5.41) is 12.4. The van der Waals surface area contributed by atoms with Gasteiger partial charge in [0, 0.05) is 57.4 Å². The Kier molecular flexibility index (Phi) is 5.83. The van der Waals surface area contributed by atoms with Gasteiger partial charge >= 0.3 is 0 Å². The van der Waals surface area contributed by atoms with Crippen molar-refractivity contribution in [2.45, 2.75) is 0 Å². The Morgan fingerprint density at radius 2 is 1.77 bits per heavy atom. The number of hydrazine groups is 2. The summed E-state index contributed by atoms with van der Waals surface area (Å²) in [6, 6.07) is 9.49. The first-order chi connectivity index (χ1) is 17.0. The summed E-state index contributed by atoms with van der Waals surface area (Å²) in [7, 11) is 3.35. The van der Waals surface area contributed by atoms with Gasteiger partial charge in [-0.2, -0.15) is 0 Å². The minimum Gasteiger partial charge on any atom is -0.494 e. The molecule has 0 aliphatic carbocycles. The molecule has 3 N–H and O–H groups in total. The van der Waals surface area contributed by atoms with Crippen molar-refractivity contribution in [3.8, 4) is 5.75 Å².